The van der Waals surface area contributed by atoms with Gasteiger partial charge in [-0.3, -0.25) is 4.79 Å². The average molecular weight is 264 g/mol. The molecular weight excluding hydrogens is 252 g/mol. The van der Waals surface area contributed by atoms with Crippen LogP contribution in [0.25, 0.3) is 0 Å². The third kappa shape index (κ3) is 3.35. The number of methoxy groups -OCH3 is 1. The van der Waals surface area contributed by atoms with Gasteiger partial charge in [-0.05, 0) is 35.7 Å². The number of Topliss-reactive ketones (excluding diaryl/α,β-unsaturated/α-hetero) is 1. The Balaban J connectivity index is 1.91. The maximum atomic E-state index is 11.8. The van der Waals surface area contributed by atoms with Gasteiger partial charge in [-0.2, -0.15) is 0 Å². The minimum Gasteiger partial charge on any atom is -0.497 e. The molecule has 0 aliphatic rings. The second-order valence-corrected chi connectivity index (χ2v) is 5.36. The number of rotatable bonds is 5. The smallest absolute Gasteiger partial charge is 0.182 e. The second kappa shape index (κ2) is 5.89. The van der Waals surface area contributed by atoms with Crippen molar-refractivity contribution in [3.8, 4) is 5.75 Å². The van der Waals surface area contributed by atoms with E-state index in [0.29, 0.717) is 5.75 Å². The highest BCUT2D eigenvalue weighted by molar-refractivity contribution is 8.00. The van der Waals surface area contributed by atoms with Crippen molar-refractivity contribution in [2.45, 2.75) is 4.90 Å². The monoisotopic (exact) mass is 264 g/mol. The highest BCUT2D eigenvalue weighted by Crippen LogP contribution is 2.22. The molecular formula is C13H12O2S2. The van der Waals surface area contributed by atoms with Crippen LogP contribution in [0.3, 0.4) is 0 Å². The third-order valence-corrected chi connectivity index (χ3v) is 4.15. The Labute approximate surface area is 109 Å². The molecule has 4 heteroatoms. The van der Waals surface area contributed by atoms with Gasteiger partial charge >= 0.3 is 0 Å². The fourth-order valence-electron chi connectivity index (χ4n) is 1.33. The van der Waals surface area contributed by atoms with Crippen LogP contribution >= 0.6 is 23.1 Å². The Morgan fingerprint density at radius 3 is 2.65 bits per heavy atom. The van der Waals surface area contributed by atoms with Crippen molar-refractivity contribution >= 4 is 28.9 Å². The van der Waals surface area contributed by atoms with Crippen molar-refractivity contribution in [2.75, 3.05) is 12.9 Å². The summed E-state index contributed by atoms with van der Waals surface area (Å²) in [6.45, 7) is 0. The van der Waals surface area contributed by atoms with Gasteiger partial charge in [0.2, 0.25) is 0 Å². The van der Waals surface area contributed by atoms with E-state index in [-0.39, 0.29) is 5.78 Å². The van der Waals surface area contributed by atoms with Gasteiger partial charge in [-0.15, -0.1) is 23.1 Å². The quantitative estimate of drug-likeness (QED) is 0.608. The van der Waals surface area contributed by atoms with Crippen molar-refractivity contribution < 1.29 is 9.53 Å². The first kappa shape index (κ1) is 12.2. The van der Waals surface area contributed by atoms with Crippen LogP contribution in [-0.4, -0.2) is 18.6 Å². The average Bonchev–Trinajstić information content (AvgIpc) is 2.90. The molecule has 0 aliphatic carbocycles. The van der Waals surface area contributed by atoms with Gasteiger partial charge < -0.3 is 4.74 Å². The number of thioether (sulfide) groups is 1. The molecule has 2 aromatic rings. The molecule has 0 saturated heterocycles. The normalized spacial score (nSPS) is 10.2. The summed E-state index contributed by atoms with van der Waals surface area (Å²) in [4.78, 5) is 13.7. The molecule has 2 nitrogen and oxygen atoms in total. The highest BCUT2D eigenvalue weighted by Gasteiger charge is 2.07. The molecule has 0 atom stereocenters. The molecule has 0 aliphatic heterocycles. The van der Waals surface area contributed by atoms with Crippen LogP contribution in [0.2, 0.25) is 0 Å². The van der Waals surface area contributed by atoms with Gasteiger partial charge in [-0.1, -0.05) is 6.07 Å². The van der Waals surface area contributed by atoms with E-state index < -0.39 is 0 Å². The second-order valence-electron chi connectivity index (χ2n) is 3.36. The lowest BCUT2D eigenvalue weighted by atomic mass is 10.3. The largest absolute Gasteiger partial charge is 0.497 e. The van der Waals surface area contributed by atoms with E-state index in [4.69, 9.17) is 4.74 Å². The van der Waals surface area contributed by atoms with E-state index in [1.807, 2.05) is 41.8 Å². The molecule has 1 aromatic carbocycles. The van der Waals surface area contributed by atoms with Crippen LogP contribution in [0.5, 0.6) is 5.75 Å². The Kier molecular flexibility index (Phi) is 4.23. The summed E-state index contributed by atoms with van der Waals surface area (Å²) in [5.41, 5.74) is 0. The summed E-state index contributed by atoms with van der Waals surface area (Å²) < 4.78 is 5.08. The first-order valence-electron chi connectivity index (χ1n) is 5.13. The Hall–Kier alpha value is -1.26. The Bertz CT molecular complexity index is 475. The zero-order valence-corrected chi connectivity index (χ0v) is 11.0. The first-order valence-corrected chi connectivity index (χ1v) is 6.99. The summed E-state index contributed by atoms with van der Waals surface area (Å²) in [7, 11) is 1.64. The summed E-state index contributed by atoms with van der Waals surface area (Å²) >= 11 is 3.04. The minimum atomic E-state index is 0.181. The van der Waals surface area contributed by atoms with Crippen LogP contribution in [-0.2, 0) is 0 Å². The van der Waals surface area contributed by atoms with Crippen LogP contribution < -0.4 is 4.74 Å². The fourth-order valence-corrected chi connectivity index (χ4v) is 2.87. The van der Waals surface area contributed by atoms with E-state index in [1.54, 1.807) is 18.9 Å². The number of carbonyl (C=O) groups excluding carboxylic acids is 1. The molecule has 1 heterocycles. The van der Waals surface area contributed by atoms with Crippen LogP contribution in [0.15, 0.2) is 46.7 Å². The van der Waals surface area contributed by atoms with Gasteiger partial charge in [0.05, 0.1) is 17.7 Å². The number of ketones is 1. The predicted molar refractivity (Wildman–Crippen MR) is 72.4 cm³/mol. The SMILES string of the molecule is COc1ccc(SCC(=O)c2cccs2)cc1. The van der Waals surface area contributed by atoms with E-state index in [1.165, 1.54) is 11.3 Å². The molecule has 0 amide bonds. The molecule has 0 fully saturated rings. The Morgan fingerprint density at radius 1 is 1.29 bits per heavy atom. The molecule has 17 heavy (non-hydrogen) atoms. The van der Waals surface area contributed by atoms with E-state index in [0.717, 1.165) is 15.5 Å². The third-order valence-electron chi connectivity index (χ3n) is 2.23. The van der Waals surface area contributed by atoms with Crippen LogP contribution in [0.4, 0.5) is 0 Å². The van der Waals surface area contributed by atoms with Crippen molar-refractivity contribution in [1.29, 1.82) is 0 Å². The topological polar surface area (TPSA) is 26.3 Å². The van der Waals surface area contributed by atoms with Gasteiger partial charge in [0, 0.05) is 4.90 Å². The van der Waals surface area contributed by atoms with Crippen LogP contribution in [0.1, 0.15) is 9.67 Å². The maximum Gasteiger partial charge on any atom is 0.182 e. The summed E-state index contributed by atoms with van der Waals surface area (Å²) in [6.07, 6.45) is 0. The molecule has 0 N–H and O–H groups in total. The molecule has 88 valence electrons. The first-order chi connectivity index (χ1) is 8.29. The molecule has 2 rings (SSSR count). The molecule has 0 spiro atoms. The van der Waals surface area contributed by atoms with Crippen molar-refractivity contribution in [3.63, 3.8) is 0 Å². The van der Waals surface area contributed by atoms with Crippen LogP contribution in [0, 0.1) is 0 Å². The molecule has 0 unspecified atom stereocenters. The number of ether oxygens (including phenoxy) is 1. The van der Waals surface area contributed by atoms with Crippen molar-refractivity contribution in [2.24, 2.45) is 0 Å². The fraction of sp³-hybridized carbons (Fsp3) is 0.154. The zero-order chi connectivity index (χ0) is 12.1. The van der Waals surface area contributed by atoms with Gasteiger partial charge in [0.1, 0.15) is 5.75 Å². The number of thiophene rings is 1. The molecule has 1 aromatic heterocycles. The number of carbonyl (C=O) groups is 1. The highest BCUT2D eigenvalue weighted by atomic mass is 32.2. The summed E-state index contributed by atoms with van der Waals surface area (Å²) in [6, 6.07) is 11.5. The van der Waals surface area contributed by atoms with Crippen molar-refractivity contribution in [1.82, 2.24) is 0 Å². The van der Waals surface area contributed by atoms with Gasteiger partial charge in [-0.25, -0.2) is 0 Å². The standard InChI is InChI=1S/C13H12O2S2/c1-15-10-4-6-11(7-5-10)17-9-12(14)13-3-2-8-16-13/h2-8H,9H2,1H3. The van der Waals surface area contributed by atoms with E-state index in [9.17, 15) is 4.79 Å². The maximum absolute atomic E-state index is 11.8. The molecule has 0 bridgehead atoms. The molecule has 0 radical (unpaired) electrons. The Morgan fingerprint density at radius 2 is 2.06 bits per heavy atom. The summed E-state index contributed by atoms with van der Waals surface area (Å²) in [5, 5.41) is 1.92. The number of hydrogen-bond donors (Lipinski definition) is 0. The number of benzene rings is 1. The minimum absolute atomic E-state index is 0.181. The lowest BCUT2D eigenvalue weighted by molar-refractivity contribution is 0.102. The zero-order valence-electron chi connectivity index (χ0n) is 9.38. The summed E-state index contributed by atoms with van der Waals surface area (Å²) in [5.74, 6) is 1.49. The van der Waals surface area contributed by atoms with Gasteiger partial charge in [0.15, 0.2) is 5.78 Å². The van der Waals surface area contributed by atoms with Gasteiger partial charge in [0.25, 0.3) is 0 Å². The van der Waals surface area contributed by atoms with E-state index >= 15 is 0 Å². The molecule has 0 saturated carbocycles. The lowest BCUT2D eigenvalue weighted by Crippen LogP contribution is -1.98. The lowest BCUT2D eigenvalue weighted by Gasteiger charge is -2.02. The number of hydrogen-bond acceptors (Lipinski definition) is 4. The predicted octanol–water partition coefficient (Wildman–Crippen LogP) is 3.73. The van der Waals surface area contributed by atoms with Crippen molar-refractivity contribution in [3.05, 3.63) is 46.7 Å². The van der Waals surface area contributed by atoms with E-state index in [2.05, 4.69) is 0 Å².